The second-order valence-corrected chi connectivity index (χ2v) is 8.25. The van der Waals surface area contributed by atoms with Crippen LogP contribution in [0.3, 0.4) is 0 Å². The first-order valence-electron chi connectivity index (χ1n) is 9.34. The van der Waals surface area contributed by atoms with Crippen molar-refractivity contribution in [1.82, 2.24) is 9.78 Å². The molecule has 0 unspecified atom stereocenters. The molecule has 2 aromatic rings. The van der Waals surface area contributed by atoms with Crippen LogP contribution in [0.15, 0.2) is 12.1 Å². The number of benzene rings is 1. The molecule has 132 valence electrons. The minimum absolute atomic E-state index is 0.177. The van der Waals surface area contributed by atoms with Gasteiger partial charge in [-0.1, -0.05) is 46.8 Å². The Morgan fingerprint density at radius 2 is 1.54 bits per heavy atom. The van der Waals surface area contributed by atoms with Crippen LogP contribution in [0.4, 0.5) is 0 Å². The summed E-state index contributed by atoms with van der Waals surface area (Å²) >= 11 is 0. The predicted molar refractivity (Wildman–Crippen MR) is 105 cm³/mol. The maximum absolute atomic E-state index is 4.92. The van der Waals surface area contributed by atoms with E-state index in [-0.39, 0.29) is 5.41 Å². The van der Waals surface area contributed by atoms with Crippen molar-refractivity contribution >= 4 is 0 Å². The molecule has 1 aromatic heterocycles. The Labute approximate surface area is 148 Å². The van der Waals surface area contributed by atoms with E-state index in [9.17, 15) is 0 Å². The van der Waals surface area contributed by atoms with Crippen LogP contribution >= 0.6 is 0 Å². The summed E-state index contributed by atoms with van der Waals surface area (Å²) in [5.74, 6) is 0. The first-order chi connectivity index (χ1) is 11.1. The quantitative estimate of drug-likeness (QED) is 0.657. The Kier molecular flexibility index (Phi) is 5.27. The lowest BCUT2D eigenvalue weighted by atomic mass is 9.80. The zero-order chi connectivity index (χ0) is 18.2. The molecule has 24 heavy (non-hydrogen) atoms. The third-order valence-corrected chi connectivity index (χ3v) is 4.81. The maximum Gasteiger partial charge on any atom is 0.0703 e. The molecule has 1 aromatic carbocycles. The molecule has 1 heterocycles. The van der Waals surface area contributed by atoms with Crippen LogP contribution in [0.1, 0.15) is 82.6 Å². The Morgan fingerprint density at radius 1 is 1.00 bits per heavy atom. The minimum atomic E-state index is 0.177. The fourth-order valence-corrected chi connectivity index (χ4v) is 4.16. The SMILES string of the molecule is CCc1nn(C(C)C)c(CC)c1-c1cc(C)c(C(C)(C)C)c(C)c1. The highest BCUT2D eigenvalue weighted by atomic mass is 15.3. The van der Waals surface area contributed by atoms with Crippen molar-refractivity contribution in [2.75, 3.05) is 0 Å². The largest absolute Gasteiger partial charge is 0.266 e. The molecule has 0 amide bonds. The standard InChI is InChI=1S/C22H34N2/c1-10-18-20(19(11-2)24(23-18)14(3)4)17-12-15(5)21(16(6)13-17)22(7,8)9/h12-14H,10-11H2,1-9H3. The third kappa shape index (κ3) is 3.29. The van der Waals surface area contributed by atoms with Gasteiger partial charge in [0.15, 0.2) is 0 Å². The molecule has 0 bridgehead atoms. The summed E-state index contributed by atoms with van der Waals surface area (Å²) in [4.78, 5) is 0. The van der Waals surface area contributed by atoms with Crippen LogP contribution in [0, 0.1) is 13.8 Å². The van der Waals surface area contributed by atoms with Gasteiger partial charge in [0, 0.05) is 17.3 Å². The second-order valence-electron chi connectivity index (χ2n) is 8.25. The summed E-state index contributed by atoms with van der Waals surface area (Å²) in [6.07, 6.45) is 1.99. The Bertz CT molecular complexity index is 704. The van der Waals surface area contributed by atoms with Crippen molar-refractivity contribution in [3.8, 4) is 11.1 Å². The fraction of sp³-hybridized carbons (Fsp3) is 0.591. The summed E-state index contributed by atoms with van der Waals surface area (Å²) in [6, 6.07) is 5.14. The maximum atomic E-state index is 4.92. The summed E-state index contributed by atoms with van der Waals surface area (Å²) in [7, 11) is 0. The normalized spacial score (nSPS) is 12.2. The van der Waals surface area contributed by atoms with Crippen LogP contribution in [0.25, 0.3) is 11.1 Å². The van der Waals surface area contributed by atoms with E-state index < -0.39 is 0 Å². The highest BCUT2D eigenvalue weighted by Gasteiger charge is 2.23. The average molecular weight is 327 g/mol. The van der Waals surface area contributed by atoms with Crippen molar-refractivity contribution in [2.24, 2.45) is 0 Å². The van der Waals surface area contributed by atoms with E-state index >= 15 is 0 Å². The highest BCUT2D eigenvalue weighted by molar-refractivity contribution is 5.71. The molecule has 0 aliphatic rings. The van der Waals surface area contributed by atoms with Gasteiger partial charge < -0.3 is 0 Å². The number of aromatic nitrogens is 2. The van der Waals surface area contributed by atoms with Gasteiger partial charge in [-0.25, -0.2) is 0 Å². The number of hydrogen-bond donors (Lipinski definition) is 0. The van der Waals surface area contributed by atoms with Crippen LogP contribution in [-0.4, -0.2) is 9.78 Å². The van der Waals surface area contributed by atoms with E-state index in [1.807, 2.05) is 0 Å². The lowest BCUT2D eigenvalue weighted by Gasteiger charge is -2.25. The van der Waals surface area contributed by atoms with Gasteiger partial charge in [0.25, 0.3) is 0 Å². The molecule has 0 N–H and O–H groups in total. The average Bonchev–Trinajstić information content (AvgIpc) is 2.83. The molecular weight excluding hydrogens is 292 g/mol. The Morgan fingerprint density at radius 3 is 1.92 bits per heavy atom. The lowest BCUT2D eigenvalue weighted by molar-refractivity contribution is 0.507. The van der Waals surface area contributed by atoms with Gasteiger partial charge in [-0.15, -0.1) is 0 Å². The van der Waals surface area contributed by atoms with Gasteiger partial charge >= 0.3 is 0 Å². The van der Waals surface area contributed by atoms with Crippen molar-refractivity contribution in [3.63, 3.8) is 0 Å². The van der Waals surface area contributed by atoms with Gasteiger partial charge in [-0.3, -0.25) is 4.68 Å². The summed E-state index contributed by atoms with van der Waals surface area (Å²) in [6.45, 7) is 20.3. The molecule has 2 heteroatoms. The lowest BCUT2D eigenvalue weighted by Crippen LogP contribution is -2.15. The van der Waals surface area contributed by atoms with E-state index in [0.717, 1.165) is 12.8 Å². The van der Waals surface area contributed by atoms with Crippen molar-refractivity contribution in [3.05, 3.63) is 40.2 Å². The third-order valence-electron chi connectivity index (χ3n) is 4.81. The number of rotatable bonds is 4. The molecule has 0 aliphatic carbocycles. The topological polar surface area (TPSA) is 17.8 Å². The molecule has 2 nitrogen and oxygen atoms in total. The van der Waals surface area contributed by atoms with Crippen LogP contribution < -0.4 is 0 Å². The second kappa shape index (κ2) is 6.74. The van der Waals surface area contributed by atoms with Crippen LogP contribution in [0.2, 0.25) is 0 Å². The Hall–Kier alpha value is -1.57. The molecule has 0 atom stereocenters. The first-order valence-corrected chi connectivity index (χ1v) is 9.34. The summed E-state index contributed by atoms with van der Waals surface area (Å²) in [5, 5.41) is 4.92. The monoisotopic (exact) mass is 326 g/mol. The zero-order valence-electron chi connectivity index (χ0n) is 17.0. The molecule has 0 saturated heterocycles. The molecule has 0 spiro atoms. The van der Waals surface area contributed by atoms with E-state index in [1.54, 1.807) is 0 Å². The van der Waals surface area contributed by atoms with E-state index in [1.165, 1.54) is 39.2 Å². The van der Waals surface area contributed by atoms with Crippen molar-refractivity contribution in [2.45, 2.75) is 86.6 Å². The van der Waals surface area contributed by atoms with Gasteiger partial charge in [0.1, 0.15) is 0 Å². The molecule has 0 radical (unpaired) electrons. The minimum Gasteiger partial charge on any atom is -0.266 e. The molecular formula is C22H34N2. The number of aryl methyl sites for hydroxylation is 3. The van der Waals surface area contributed by atoms with Gasteiger partial charge in [-0.2, -0.15) is 5.10 Å². The smallest absolute Gasteiger partial charge is 0.0703 e. The number of hydrogen-bond acceptors (Lipinski definition) is 1. The van der Waals surface area contributed by atoms with E-state index in [4.69, 9.17) is 5.10 Å². The highest BCUT2D eigenvalue weighted by Crippen LogP contribution is 2.36. The molecule has 0 fully saturated rings. The predicted octanol–water partition coefficient (Wildman–Crippen LogP) is 6.17. The van der Waals surface area contributed by atoms with Crippen molar-refractivity contribution < 1.29 is 0 Å². The zero-order valence-corrected chi connectivity index (χ0v) is 17.0. The molecule has 2 rings (SSSR count). The van der Waals surface area contributed by atoms with Gasteiger partial charge in [-0.05, 0) is 68.2 Å². The summed E-state index contributed by atoms with van der Waals surface area (Å²) in [5.41, 5.74) is 9.71. The molecule has 0 aliphatic heterocycles. The first kappa shape index (κ1) is 18.8. The van der Waals surface area contributed by atoms with E-state index in [2.05, 4.69) is 79.1 Å². The number of nitrogens with zero attached hydrogens (tertiary/aromatic N) is 2. The molecule has 0 saturated carbocycles. The van der Waals surface area contributed by atoms with Gasteiger partial charge in [0.2, 0.25) is 0 Å². The summed E-state index contributed by atoms with van der Waals surface area (Å²) < 4.78 is 2.22. The van der Waals surface area contributed by atoms with Gasteiger partial charge in [0.05, 0.1) is 5.69 Å². The fourth-order valence-electron chi connectivity index (χ4n) is 4.16. The van der Waals surface area contributed by atoms with Crippen molar-refractivity contribution in [1.29, 1.82) is 0 Å². The Balaban J connectivity index is 2.73. The van der Waals surface area contributed by atoms with Crippen LogP contribution in [-0.2, 0) is 18.3 Å². The van der Waals surface area contributed by atoms with Crippen LogP contribution in [0.5, 0.6) is 0 Å². The van der Waals surface area contributed by atoms with E-state index in [0.29, 0.717) is 6.04 Å².